The molecule has 0 spiro atoms. The van der Waals surface area contributed by atoms with Gasteiger partial charge in [0.15, 0.2) is 5.96 Å². The van der Waals surface area contributed by atoms with Gasteiger partial charge in [-0.2, -0.15) is 13.2 Å². The number of nitrogens with one attached hydrogen (secondary N) is 1. The minimum absolute atomic E-state index is 0.116. The van der Waals surface area contributed by atoms with Gasteiger partial charge in [-0.25, -0.2) is 4.39 Å². The number of rotatable bonds is 4. The lowest BCUT2D eigenvalue weighted by Crippen LogP contribution is -2.37. The van der Waals surface area contributed by atoms with Gasteiger partial charge in [-0.3, -0.25) is 4.99 Å². The molecule has 3 N–H and O–H groups in total. The molecule has 3 nitrogen and oxygen atoms in total. The average Bonchev–Trinajstić information content (AvgIpc) is 3.15. The van der Waals surface area contributed by atoms with Crippen LogP contribution in [0.25, 0.3) is 0 Å². The van der Waals surface area contributed by atoms with Gasteiger partial charge in [-0.05, 0) is 50.5 Å². The molecule has 1 aliphatic rings. The van der Waals surface area contributed by atoms with Gasteiger partial charge in [0.2, 0.25) is 0 Å². The van der Waals surface area contributed by atoms with Crippen LogP contribution in [-0.4, -0.2) is 18.5 Å². The maximum Gasteiger partial charge on any atom is 0.416 e. The number of alkyl halides is 3. The Morgan fingerprint density at radius 1 is 1.32 bits per heavy atom. The lowest BCUT2D eigenvalue weighted by atomic mass is 9.94. The van der Waals surface area contributed by atoms with E-state index in [2.05, 4.69) is 10.3 Å². The largest absolute Gasteiger partial charge is 0.416 e. The summed E-state index contributed by atoms with van der Waals surface area (Å²) >= 11 is 0. The topological polar surface area (TPSA) is 50.4 Å². The molecule has 1 aromatic rings. The summed E-state index contributed by atoms with van der Waals surface area (Å²) in [5.41, 5.74) is 4.53. The van der Waals surface area contributed by atoms with Crippen molar-refractivity contribution in [3.8, 4) is 0 Å². The van der Waals surface area contributed by atoms with Gasteiger partial charge in [0.05, 0.1) is 12.1 Å². The van der Waals surface area contributed by atoms with Crippen LogP contribution in [0.15, 0.2) is 23.2 Å². The third-order valence-corrected chi connectivity index (χ3v) is 3.68. The summed E-state index contributed by atoms with van der Waals surface area (Å²) < 4.78 is 51.9. The molecule has 0 saturated heterocycles. The Hall–Kier alpha value is -1.79. The third kappa shape index (κ3) is 3.90. The van der Waals surface area contributed by atoms with Crippen LogP contribution in [-0.2, 0) is 11.6 Å². The molecular weight excluding hydrogens is 298 g/mol. The number of nitrogens with two attached hydrogens (primary N) is 1. The Balaban J connectivity index is 2.22. The van der Waals surface area contributed by atoms with Crippen molar-refractivity contribution in [1.29, 1.82) is 0 Å². The van der Waals surface area contributed by atoms with Gasteiger partial charge in [-0.1, -0.05) is 0 Å². The van der Waals surface area contributed by atoms with Crippen molar-refractivity contribution in [2.24, 2.45) is 10.7 Å². The highest BCUT2D eigenvalue weighted by Gasteiger charge is 2.45. The smallest absolute Gasteiger partial charge is 0.370 e. The first kappa shape index (κ1) is 16.6. The number of benzene rings is 1. The van der Waals surface area contributed by atoms with Gasteiger partial charge in [0.1, 0.15) is 5.82 Å². The highest BCUT2D eigenvalue weighted by atomic mass is 19.4. The van der Waals surface area contributed by atoms with Crippen molar-refractivity contribution in [3.05, 3.63) is 35.1 Å². The Kier molecular flexibility index (Phi) is 4.35. The summed E-state index contributed by atoms with van der Waals surface area (Å²) in [5, 5.41) is 2.92. The fraction of sp³-hybridized carbons (Fsp3) is 0.533. The average molecular weight is 317 g/mol. The number of guanidine groups is 1. The van der Waals surface area contributed by atoms with Crippen LogP contribution in [0.3, 0.4) is 0 Å². The number of aliphatic imine (C=N–C) groups is 1. The molecule has 7 heteroatoms. The molecule has 1 fully saturated rings. The minimum Gasteiger partial charge on any atom is -0.370 e. The van der Waals surface area contributed by atoms with E-state index in [1.165, 1.54) is 0 Å². The van der Waals surface area contributed by atoms with E-state index in [0.29, 0.717) is 24.5 Å². The predicted octanol–water partition coefficient (Wildman–Crippen LogP) is 3.19. The number of halogens is 4. The van der Waals surface area contributed by atoms with E-state index in [1.807, 2.05) is 13.8 Å². The lowest BCUT2D eigenvalue weighted by Gasteiger charge is -2.17. The molecule has 0 aliphatic heterocycles. The predicted molar refractivity (Wildman–Crippen MR) is 77.1 cm³/mol. The zero-order chi connectivity index (χ0) is 16.5. The maximum atomic E-state index is 13.5. The molecule has 1 aromatic carbocycles. The normalized spacial score (nSPS) is 17.7. The van der Waals surface area contributed by atoms with Crippen molar-refractivity contribution in [2.75, 3.05) is 6.54 Å². The van der Waals surface area contributed by atoms with Crippen LogP contribution >= 0.6 is 0 Å². The first-order valence-corrected chi connectivity index (χ1v) is 7.07. The second-order valence-electron chi connectivity index (χ2n) is 6.01. The molecule has 0 amide bonds. The Morgan fingerprint density at radius 3 is 2.45 bits per heavy atom. The molecule has 0 heterocycles. The van der Waals surface area contributed by atoms with Gasteiger partial charge in [-0.15, -0.1) is 0 Å². The van der Waals surface area contributed by atoms with Gasteiger partial charge >= 0.3 is 6.18 Å². The monoisotopic (exact) mass is 317 g/mol. The van der Waals surface area contributed by atoms with E-state index >= 15 is 0 Å². The first-order chi connectivity index (χ1) is 10.1. The molecule has 0 unspecified atom stereocenters. The zero-order valence-corrected chi connectivity index (χ0v) is 12.5. The molecule has 22 heavy (non-hydrogen) atoms. The number of hydrogen-bond donors (Lipinski definition) is 2. The van der Waals surface area contributed by atoms with Crippen molar-refractivity contribution >= 4 is 5.96 Å². The standard InChI is InChI=1S/C15H19F4N3/c1-9(2)22-13(20)21-8-14(3-4-14)10-5-11(15(17,18)19)7-12(16)6-10/h5-7,9H,3-4,8H2,1-2H3,(H3,20,21,22). The summed E-state index contributed by atoms with van der Waals surface area (Å²) in [6.45, 7) is 4.05. The van der Waals surface area contributed by atoms with E-state index < -0.39 is 23.0 Å². The van der Waals surface area contributed by atoms with E-state index in [0.717, 1.165) is 12.1 Å². The fourth-order valence-electron chi connectivity index (χ4n) is 2.33. The van der Waals surface area contributed by atoms with Crippen LogP contribution < -0.4 is 11.1 Å². The van der Waals surface area contributed by atoms with Crippen LogP contribution in [0.2, 0.25) is 0 Å². The second-order valence-corrected chi connectivity index (χ2v) is 6.01. The molecule has 1 saturated carbocycles. The zero-order valence-electron chi connectivity index (χ0n) is 12.5. The van der Waals surface area contributed by atoms with Gasteiger partial charge in [0.25, 0.3) is 0 Å². The minimum atomic E-state index is -4.56. The van der Waals surface area contributed by atoms with Crippen LogP contribution in [0.4, 0.5) is 17.6 Å². The molecule has 0 radical (unpaired) electrons. The molecular formula is C15H19F4N3. The maximum absolute atomic E-state index is 13.5. The molecule has 1 aliphatic carbocycles. The van der Waals surface area contributed by atoms with Crippen molar-refractivity contribution in [2.45, 2.75) is 44.3 Å². The Morgan fingerprint density at radius 2 is 1.95 bits per heavy atom. The van der Waals surface area contributed by atoms with Crippen molar-refractivity contribution in [3.63, 3.8) is 0 Å². The Labute approximate surface area is 126 Å². The van der Waals surface area contributed by atoms with Crippen molar-refractivity contribution in [1.82, 2.24) is 5.32 Å². The van der Waals surface area contributed by atoms with E-state index in [1.54, 1.807) is 0 Å². The summed E-state index contributed by atoms with van der Waals surface area (Å²) in [6, 6.07) is 2.80. The lowest BCUT2D eigenvalue weighted by molar-refractivity contribution is -0.137. The summed E-state index contributed by atoms with van der Waals surface area (Å²) in [6.07, 6.45) is -3.22. The molecule has 0 aromatic heterocycles. The van der Waals surface area contributed by atoms with E-state index in [4.69, 9.17) is 5.73 Å². The van der Waals surface area contributed by atoms with Crippen LogP contribution in [0, 0.1) is 5.82 Å². The van der Waals surface area contributed by atoms with Crippen molar-refractivity contribution < 1.29 is 17.6 Å². The van der Waals surface area contributed by atoms with E-state index in [-0.39, 0.29) is 18.5 Å². The highest BCUT2D eigenvalue weighted by Crippen LogP contribution is 2.49. The number of hydrogen-bond acceptors (Lipinski definition) is 1. The quantitative estimate of drug-likeness (QED) is 0.509. The summed E-state index contributed by atoms with van der Waals surface area (Å²) in [4.78, 5) is 4.18. The highest BCUT2D eigenvalue weighted by molar-refractivity contribution is 5.78. The van der Waals surface area contributed by atoms with Crippen LogP contribution in [0.5, 0.6) is 0 Å². The third-order valence-electron chi connectivity index (χ3n) is 3.68. The molecule has 122 valence electrons. The molecule has 0 bridgehead atoms. The Bertz CT molecular complexity index is 575. The first-order valence-electron chi connectivity index (χ1n) is 7.07. The number of nitrogens with zero attached hydrogens (tertiary/aromatic N) is 1. The summed E-state index contributed by atoms with van der Waals surface area (Å²) in [5.74, 6) is -0.637. The van der Waals surface area contributed by atoms with Gasteiger partial charge < -0.3 is 11.1 Å². The fourth-order valence-corrected chi connectivity index (χ4v) is 2.33. The molecule has 2 rings (SSSR count). The second kappa shape index (κ2) is 5.78. The molecule has 0 atom stereocenters. The van der Waals surface area contributed by atoms with Crippen LogP contribution in [0.1, 0.15) is 37.8 Å². The van der Waals surface area contributed by atoms with Gasteiger partial charge in [0, 0.05) is 11.5 Å². The SMILES string of the molecule is CC(C)NC(N)=NCC1(c2cc(F)cc(C(F)(F)F)c2)CC1. The van der Waals surface area contributed by atoms with E-state index in [9.17, 15) is 17.6 Å². The summed E-state index contributed by atoms with van der Waals surface area (Å²) in [7, 11) is 0.